The van der Waals surface area contributed by atoms with Crippen molar-refractivity contribution in [1.29, 1.82) is 0 Å². The highest BCUT2D eigenvalue weighted by Crippen LogP contribution is 2.47. The summed E-state index contributed by atoms with van der Waals surface area (Å²) in [6, 6.07) is 7.98. The molecular formula is C17H19NO2S. The number of hydrogen-bond donors (Lipinski definition) is 1. The van der Waals surface area contributed by atoms with Gasteiger partial charge in [-0.1, -0.05) is 13.0 Å². The number of carbonyl (C=O) groups excluding carboxylic acids is 1. The van der Waals surface area contributed by atoms with Crippen molar-refractivity contribution in [2.75, 3.05) is 0 Å². The zero-order valence-electron chi connectivity index (χ0n) is 12.2. The van der Waals surface area contributed by atoms with E-state index in [0.29, 0.717) is 5.92 Å². The number of nitrogens with one attached hydrogen (secondary N) is 1. The maximum atomic E-state index is 11.9. The molecule has 1 fully saturated rings. The van der Waals surface area contributed by atoms with Crippen LogP contribution in [-0.2, 0) is 4.79 Å². The van der Waals surface area contributed by atoms with Gasteiger partial charge in [0.15, 0.2) is 0 Å². The summed E-state index contributed by atoms with van der Waals surface area (Å²) < 4.78 is 5.74. The average Bonchev–Trinajstić information content (AvgIpc) is 2.93. The van der Waals surface area contributed by atoms with E-state index in [1.807, 2.05) is 36.6 Å². The molecule has 0 spiro atoms. The van der Waals surface area contributed by atoms with E-state index in [4.69, 9.17) is 4.42 Å². The Balaban J connectivity index is 1.55. The molecular weight excluding hydrogens is 282 g/mol. The SMILES string of the molecule is C[C@H](NC(=O)/C=C/c1ccc([C@H]2C[C@H]2C)o1)c1cccs1. The van der Waals surface area contributed by atoms with Crippen LogP contribution in [0.5, 0.6) is 0 Å². The first-order chi connectivity index (χ1) is 10.1. The maximum absolute atomic E-state index is 11.9. The Bertz CT molecular complexity index is 642. The van der Waals surface area contributed by atoms with Crippen LogP contribution in [0.15, 0.2) is 40.1 Å². The van der Waals surface area contributed by atoms with Gasteiger partial charge in [-0.25, -0.2) is 0 Å². The van der Waals surface area contributed by atoms with Crippen molar-refractivity contribution in [2.45, 2.75) is 32.2 Å². The summed E-state index contributed by atoms with van der Waals surface area (Å²) in [5.41, 5.74) is 0. The number of hydrogen-bond acceptors (Lipinski definition) is 3. The fourth-order valence-electron chi connectivity index (χ4n) is 2.40. The Labute approximate surface area is 128 Å². The molecule has 0 aliphatic heterocycles. The van der Waals surface area contributed by atoms with Crippen molar-refractivity contribution >= 4 is 23.3 Å². The summed E-state index contributed by atoms with van der Waals surface area (Å²) >= 11 is 1.64. The fraction of sp³-hybridized carbons (Fsp3) is 0.353. The number of amides is 1. The molecule has 2 aromatic rings. The minimum absolute atomic E-state index is 0.0293. The lowest BCUT2D eigenvalue weighted by Crippen LogP contribution is -2.23. The van der Waals surface area contributed by atoms with Crippen LogP contribution in [-0.4, -0.2) is 5.91 Å². The van der Waals surface area contributed by atoms with Gasteiger partial charge in [-0.2, -0.15) is 0 Å². The number of thiophene rings is 1. The molecule has 4 heteroatoms. The zero-order valence-corrected chi connectivity index (χ0v) is 13.0. The lowest BCUT2D eigenvalue weighted by atomic mass is 10.2. The van der Waals surface area contributed by atoms with Crippen molar-refractivity contribution in [1.82, 2.24) is 5.32 Å². The van der Waals surface area contributed by atoms with E-state index in [1.54, 1.807) is 17.4 Å². The van der Waals surface area contributed by atoms with Crippen molar-refractivity contribution in [3.8, 4) is 0 Å². The van der Waals surface area contributed by atoms with Crippen molar-refractivity contribution < 1.29 is 9.21 Å². The summed E-state index contributed by atoms with van der Waals surface area (Å²) in [6.07, 6.45) is 4.46. The maximum Gasteiger partial charge on any atom is 0.244 e. The Morgan fingerprint density at radius 2 is 2.29 bits per heavy atom. The van der Waals surface area contributed by atoms with Gasteiger partial charge in [0, 0.05) is 16.9 Å². The van der Waals surface area contributed by atoms with Crippen LogP contribution >= 0.6 is 11.3 Å². The fourth-order valence-corrected chi connectivity index (χ4v) is 3.14. The highest BCUT2D eigenvalue weighted by molar-refractivity contribution is 7.10. The van der Waals surface area contributed by atoms with Crippen LogP contribution in [0.1, 0.15) is 48.6 Å². The van der Waals surface area contributed by atoms with Gasteiger partial charge in [0.1, 0.15) is 11.5 Å². The summed E-state index contributed by atoms with van der Waals surface area (Å²) in [4.78, 5) is 13.0. The Morgan fingerprint density at radius 3 is 2.95 bits per heavy atom. The van der Waals surface area contributed by atoms with Crippen molar-refractivity contribution in [3.63, 3.8) is 0 Å². The minimum Gasteiger partial charge on any atom is -0.461 e. The second kappa shape index (κ2) is 5.90. The molecule has 3 atom stereocenters. The molecule has 1 N–H and O–H groups in total. The third-order valence-corrected chi connectivity index (χ3v) is 4.91. The van der Waals surface area contributed by atoms with Gasteiger partial charge in [0.25, 0.3) is 0 Å². The standard InChI is InChI=1S/C17H19NO2S/c1-11-10-14(11)15-7-5-13(20-15)6-8-17(19)18-12(2)16-4-3-9-21-16/h3-9,11-12,14H,10H2,1-2H3,(H,18,19)/b8-6+/t11-,12+,14+/m1/s1. The second-order valence-corrected chi connectivity index (χ2v) is 6.62. The summed E-state index contributed by atoms with van der Waals surface area (Å²) in [7, 11) is 0. The van der Waals surface area contributed by atoms with E-state index < -0.39 is 0 Å². The normalized spacial score (nSPS) is 22.4. The number of furan rings is 1. The highest BCUT2D eigenvalue weighted by atomic mass is 32.1. The summed E-state index contributed by atoms with van der Waals surface area (Å²) in [5, 5.41) is 4.96. The van der Waals surface area contributed by atoms with E-state index in [9.17, 15) is 4.79 Å². The Kier molecular flexibility index (Phi) is 3.97. The van der Waals surface area contributed by atoms with Gasteiger partial charge in [-0.15, -0.1) is 11.3 Å². The molecule has 0 aromatic carbocycles. The van der Waals surface area contributed by atoms with Crippen LogP contribution in [0.25, 0.3) is 6.08 Å². The molecule has 21 heavy (non-hydrogen) atoms. The van der Waals surface area contributed by atoms with E-state index in [0.717, 1.165) is 22.3 Å². The van der Waals surface area contributed by atoms with Crippen LogP contribution in [0.4, 0.5) is 0 Å². The van der Waals surface area contributed by atoms with Crippen LogP contribution in [0.2, 0.25) is 0 Å². The molecule has 0 bridgehead atoms. The Morgan fingerprint density at radius 1 is 1.48 bits per heavy atom. The molecule has 1 amide bonds. The number of carbonyl (C=O) groups is 1. The quantitative estimate of drug-likeness (QED) is 0.834. The largest absolute Gasteiger partial charge is 0.461 e. The van der Waals surface area contributed by atoms with Gasteiger partial charge >= 0.3 is 0 Å². The predicted molar refractivity (Wildman–Crippen MR) is 85.1 cm³/mol. The van der Waals surface area contributed by atoms with Crippen LogP contribution < -0.4 is 5.32 Å². The third-order valence-electron chi connectivity index (χ3n) is 3.85. The topological polar surface area (TPSA) is 42.2 Å². The van der Waals surface area contributed by atoms with Gasteiger partial charge < -0.3 is 9.73 Å². The molecule has 3 rings (SSSR count). The summed E-state index contributed by atoms with van der Waals surface area (Å²) in [5.74, 6) is 2.97. The molecule has 0 unspecified atom stereocenters. The van der Waals surface area contributed by atoms with Crippen LogP contribution in [0.3, 0.4) is 0 Å². The molecule has 1 saturated carbocycles. The molecule has 1 aliphatic carbocycles. The first kappa shape index (κ1) is 14.1. The van der Waals surface area contributed by atoms with Gasteiger partial charge in [-0.05, 0) is 48.9 Å². The van der Waals surface area contributed by atoms with E-state index in [-0.39, 0.29) is 11.9 Å². The van der Waals surface area contributed by atoms with Crippen molar-refractivity contribution in [2.24, 2.45) is 5.92 Å². The number of rotatable bonds is 5. The molecule has 2 aromatic heterocycles. The minimum atomic E-state index is -0.103. The third kappa shape index (κ3) is 3.45. The Hall–Kier alpha value is -1.81. The monoisotopic (exact) mass is 301 g/mol. The smallest absolute Gasteiger partial charge is 0.244 e. The lowest BCUT2D eigenvalue weighted by Gasteiger charge is -2.09. The highest BCUT2D eigenvalue weighted by Gasteiger charge is 2.36. The average molecular weight is 301 g/mol. The molecule has 0 radical (unpaired) electrons. The van der Waals surface area contributed by atoms with Crippen LogP contribution in [0, 0.1) is 5.92 Å². The first-order valence-electron chi connectivity index (χ1n) is 7.25. The molecule has 2 heterocycles. The zero-order chi connectivity index (χ0) is 14.8. The molecule has 1 aliphatic rings. The molecule has 110 valence electrons. The van der Waals surface area contributed by atoms with E-state index >= 15 is 0 Å². The van der Waals surface area contributed by atoms with E-state index in [1.165, 1.54) is 12.5 Å². The first-order valence-corrected chi connectivity index (χ1v) is 8.13. The predicted octanol–water partition coefficient (Wildman–Crippen LogP) is 4.36. The van der Waals surface area contributed by atoms with Gasteiger partial charge in [0.05, 0.1) is 6.04 Å². The molecule has 3 nitrogen and oxygen atoms in total. The van der Waals surface area contributed by atoms with Gasteiger partial charge in [-0.3, -0.25) is 4.79 Å². The second-order valence-electron chi connectivity index (χ2n) is 5.64. The van der Waals surface area contributed by atoms with Crippen molar-refractivity contribution in [3.05, 3.63) is 52.1 Å². The lowest BCUT2D eigenvalue weighted by molar-refractivity contribution is -0.117. The summed E-state index contributed by atoms with van der Waals surface area (Å²) in [6.45, 7) is 4.21. The van der Waals surface area contributed by atoms with Gasteiger partial charge in [0.2, 0.25) is 5.91 Å². The molecule has 0 saturated heterocycles. The van der Waals surface area contributed by atoms with E-state index in [2.05, 4.69) is 12.2 Å².